The van der Waals surface area contributed by atoms with Gasteiger partial charge in [0.25, 0.3) is 0 Å². The Balaban J connectivity index is 0.00000200. The molecule has 6 heteroatoms. The Kier molecular flexibility index (Phi) is 7.55. The summed E-state index contributed by atoms with van der Waals surface area (Å²) in [6, 6.07) is 7.09. The van der Waals surface area contributed by atoms with Crippen LogP contribution in [0.3, 0.4) is 0 Å². The average molecular weight is 288 g/mol. The monoisotopic (exact) mass is 288 g/mol. The second-order valence-electron chi connectivity index (χ2n) is 4.67. The van der Waals surface area contributed by atoms with E-state index in [0.29, 0.717) is 5.56 Å². The zero-order valence-corrected chi connectivity index (χ0v) is 11.2. The van der Waals surface area contributed by atoms with Crippen molar-refractivity contribution >= 4 is 41.2 Å². The molecule has 0 bridgehead atoms. The molecule has 0 saturated carbocycles. The van der Waals surface area contributed by atoms with Gasteiger partial charge in [0.15, 0.2) is 0 Å². The van der Waals surface area contributed by atoms with Crippen LogP contribution in [0.5, 0.6) is 0 Å². The summed E-state index contributed by atoms with van der Waals surface area (Å²) >= 11 is 0. The van der Waals surface area contributed by atoms with Crippen molar-refractivity contribution in [2.45, 2.75) is 0 Å². The molecule has 1 aromatic rings. The summed E-state index contributed by atoms with van der Waals surface area (Å²) in [5.41, 5.74) is 1.43. The molecule has 5 nitrogen and oxygen atoms in total. The Bertz CT molecular complexity index is 417. The average Bonchev–Trinajstić information content (AvgIpc) is 2.46. The second kappa shape index (κ2) is 8.64. The topological polar surface area (TPSA) is 53.0 Å². The first-order valence-corrected chi connectivity index (χ1v) is 6.50. The van der Waals surface area contributed by atoms with Crippen LogP contribution < -0.4 is 4.90 Å². The fourth-order valence-electron chi connectivity index (χ4n) is 2.26. The molecule has 1 aromatic carbocycles. The molecule has 0 atom stereocenters. The van der Waals surface area contributed by atoms with E-state index in [-0.39, 0.29) is 29.6 Å². The van der Waals surface area contributed by atoms with Gasteiger partial charge < -0.3 is 14.7 Å². The minimum absolute atomic E-state index is 0. The van der Waals surface area contributed by atoms with Crippen LogP contribution in [0.2, 0.25) is 0 Å². The second-order valence-corrected chi connectivity index (χ2v) is 4.67. The first-order valence-electron chi connectivity index (χ1n) is 6.50. The van der Waals surface area contributed by atoms with Crippen molar-refractivity contribution in [3.63, 3.8) is 0 Å². The summed E-state index contributed by atoms with van der Waals surface area (Å²) in [5, 5.41) is 8.87. The van der Waals surface area contributed by atoms with E-state index in [4.69, 9.17) is 9.84 Å². The molecule has 1 heterocycles. The maximum absolute atomic E-state index is 10.8. The van der Waals surface area contributed by atoms with Crippen LogP contribution in [-0.4, -0.2) is 92.0 Å². The fraction of sp³-hybridized carbons (Fsp3) is 0.500. The summed E-state index contributed by atoms with van der Waals surface area (Å²) in [6.45, 7) is 5.72. The molecule has 0 radical (unpaired) electrons. The van der Waals surface area contributed by atoms with Crippen LogP contribution in [0.4, 0.5) is 5.69 Å². The van der Waals surface area contributed by atoms with Gasteiger partial charge in [-0.2, -0.15) is 0 Å². The van der Waals surface area contributed by atoms with E-state index in [0.717, 1.165) is 45.0 Å². The number of methoxy groups -OCH3 is 1. The summed E-state index contributed by atoms with van der Waals surface area (Å²) in [6.07, 6.45) is 0. The van der Waals surface area contributed by atoms with Gasteiger partial charge in [-0.1, -0.05) is 0 Å². The van der Waals surface area contributed by atoms with Crippen LogP contribution in [0.1, 0.15) is 10.4 Å². The van der Waals surface area contributed by atoms with Crippen LogP contribution >= 0.6 is 0 Å². The van der Waals surface area contributed by atoms with Crippen molar-refractivity contribution in [3.05, 3.63) is 29.8 Å². The van der Waals surface area contributed by atoms with E-state index in [9.17, 15) is 4.79 Å². The SMILES string of the molecule is COCCN1CCN(c2ccc(C(=O)O)cc2)CC1.[NaH]. The van der Waals surface area contributed by atoms with Gasteiger partial charge in [-0.05, 0) is 24.3 Å². The summed E-state index contributed by atoms with van der Waals surface area (Å²) in [5.74, 6) is -0.879. The van der Waals surface area contributed by atoms with Gasteiger partial charge >= 0.3 is 35.5 Å². The van der Waals surface area contributed by atoms with Crippen LogP contribution in [-0.2, 0) is 4.74 Å². The molecule has 1 aliphatic heterocycles. The summed E-state index contributed by atoms with van der Waals surface area (Å²) in [7, 11) is 1.72. The minimum atomic E-state index is -0.879. The van der Waals surface area contributed by atoms with E-state index in [2.05, 4.69) is 9.80 Å². The molecular weight excluding hydrogens is 267 g/mol. The van der Waals surface area contributed by atoms with Crippen LogP contribution in [0.25, 0.3) is 0 Å². The third kappa shape index (κ3) is 4.75. The Morgan fingerprint density at radius 1 is 1.20 bits per heavy atom. The number of hydrogen-bond acceptors (Lipinski definition) is 4. The zero-order valence-electron chi connectivity index (χ0n) is 11.2. The number of carboxylic acid groups (broad SMARTS) is 1. The van der Waals surface area contributed by atoms with E-state index >= 15 is 0 Å². The molecule has 2 rings (SSSR count). The molecule has 1 saturated heterocycles. The number of anilines is 1. The molecule has 20 heavy (non-hydrogen) atoms. The van der Waals surface area contributed by atoms with Gasteiger partial charge in [0.05, 0.1) is 12.2 Å². The number of hydrogen-bond donors (Lipinski definition) is 1. The van der Waals surface area contributed by atoms with Crippen LogP contribution in [0, 0.1) is 0 Å². The first kappa shape index (κ1) is 17.5. The van der Waals surface area contributed by atoms with Gasteiger partial charge in [-0.3, -0.25) is 4.90 Å². The van der Waals surface area contributed by atoms with Crippen molar-refractivity contribution in [2.75, 3.05) is 51.3 Å². The Hall–Kier alpha value is -0.590. The number of ether oxygens (including phenoxy) is 1. The molecule has 0 amide bonds. The Morgan fingerprint density at radius 3 is 2.30 bits per heavy atom. The third-order valence-corrected chi connectivity index (χ3v) is 3.46. The maximum atomic E-state index is 10.8. The summed E-state index contributed by atoms with van der Waals surface area (Å²) < 4.78 is 5.08. The van der Waals surface area contributed by atoms with Crippen molar-refractivity contribution in [2.24, 2.45) is 0 Å². The standard InChI is InChI=1S/C14H20N2O3.Na.H/c1-19-11-10-15-6-8-16(9-7-15)13-4-2-12(3-5-13)14(17)18;;/h2-5H,6-11H2,1H3,(H,17,18);;. The molecular formula is C14H21N2NaO3. The molecule has 0 aromatic heterocycles. The molecule has 0 unspecified atom stereocenters. The van der Waals surface area contributed by atoms with E-state index in [1.165, 1.54) is 0 Å². The van der Waals surface area contributed by atoms with Gasteiger partial charge in [-0.25, -0.2) is 4.79 Å². The first-order chi connectivity index (χ1) is 9.20. The normalized spacial score (nSPS) is 15.8. The van der Waals surface area contributed by atoms with Gasteiger partial charge in [0.1, 0.15) is 0 Å². The molecule has 106 valence electrons. The number of nitrogens with zero attached hydrogens (tertiary/aromatic N) is 2. The fourth-order valence-corrected chi connectivity index (χ4v) is 2.26. The molecule has 0 spiro atoms. The van der Waals surface area contributed by atoms with Gasteiger partial charge in [0.2, 0.25) is 0 Å². The molecule has 0 aliphatic carbocycles. The number of benzene rings is 1. The molecule has 1 N–H and O–H groups in total. The van der Waals surface area contributed by atoms with Crippen LogP contribution in [0.15, 0.2) is 24.3 Å². The third-order valence-electron chi connectivity index (χ3n) is 3.46. The van der Waals surface area contributed by atoms with Gasteiger partial charge in [-0.15, -0.1) is 0 Å². The predicted molar refractivity (Wildman–Crippen MR) is 81.1 cm³/mol. The predicted octanol–water partition coefficient (Wildman–Crippen LogP) is 0.505. The van der Waals surface area contributed by atoms with Crippen molar-refractivity contribution in [3.8, 4) is 0 Å². The molecule has 1 aliphatic rings. The van der Waals surface area contributed by atoms with E-state index < -0.39 is 5.97 Å². The summed E-state index contributed by atoms with van der Waals surface area (Å²) in [4.78, 5) is 15.5. The number of carbonyl (C=O) groups is 1. The number of carboxylic acids is 1. The Labute approximate surface area is 141 Å². The number of piperazine rings is 1. The van der Waals surface area contributed by atoms with Crippen molar-refractivity contribution in [1.29, 1.82) is 0 Å². The van der Waals surface area contributed by atoms with E-state index in [1.807, 2.05) is 12.1 Å². The molecule has 1 fully saturated rings. The van der Waals surface area contributed by atoms with E-state index in [1.54, 1.807) is 19.2 Å². The van der Waals surface area contributed by atoms with Gasteiger partial charge in [0, 0.05) is 45.5 Å². The number of aromatic carboxylic acids is 1. The van der Waals surface area contributed by atoms with Crippen molar-refractivity contribution in [1.82, 2.24) is 4.90 Å². The quantitative estimate of drug-likeness (QED) is 0.800. The number of rotatable bonds is 5. The zero-order chi connectivity index (χ0) is 13.7. The Morgan fingerprint density at radius 2 is 1.80 bits per heavy atom. The van der Waals surface area contributed by atoms with Crippen molar-refractivity contribution < 1.29 is 14.6 Å².